The van der Waals surface area contributed by atoms with Crippen molar-refractivity contribution < 1.29 is 4.79 Å². The van der Waals surface area contributed by atoms with E-state index >= 15 is 0 Å². The number of halogens is 1. The second-order valence-corrected chi connectivity index (χ2v) is 3.33. The Bertz CT molecular complexity index is 319. The van der Waals surface area contributed by atoms with Gasteiger partial charge in [0.15, 0.2) is 0 Å². The SMILES string of the molecule is C=CCNC(=O)Cc1ccc(Cl)cc1. The van der Waals surface area contributed by atoms with Crippen molar-refractivity contribution in [2.75, 3.05) is 6.54 Å². The molecule has 0 saturated carbocycles. The highest BCUT2D eigenvalue weighted by molar-refractivity contribution is 6.30. The number of benzene rings is 1. The van der Waals surface area contributed by atoms with Gasteiger partial charge in [-0.3, -0.25) is 4.79 Å². The predicted molar refractivity (Wildman–Crippen MR) is 58.4 cm³/mol. The first kappa shape index (κ1) is 10.8. The summed E-state index contributed by atoms with van der Waals surface area (Å²) in [6.45, 7) is 4.03. The average Bonchev–Trinajstić information content (AvgIpc) is 2.18. The van der Waals surface area contributed by atoms with Gasteiger partial charge in [-0.2, -0.15) is 0 Å². The zero-order valence-corrected chi connectivity index (χ0v) is 8.55. The number of hydrogen-bond acceptors (Lipinski definition) is 1. The van der Waals surface area contributed by atoms with Gasteiger partial charge in [-0.15, -0.1) is 6.58 Å². The van der Waals surface area contributed by atoms with Crippen molar-refractivity contribution in [1.82, 2.24) is 5.32 Å². The predicted octanol–water partition coefficient (Wildman–Crippen LogP) is 2.18. The van der Waals surface area contributed by atoms with Gasteiger partial charge in [0.1, 0.15) is 0 Å². The third-order valence-electron chi connectivity index (χ3n) is 1.72. The number of carbonyl (C=O) groups is 1. The molecule has 0 radical (unpaired) electrons. The summed E-state index contributed by atoms with van der Waals surface area (Å²) < 4.78 is 0. The van der Waals surface area contributed by atoms with Crippen molar-refractivity contribution in [3.63, 3.8) is 0 Å². The molecule has 0 atom stereocenters. The fraction of sp³-hybridized carbons (Fsp3) is 0.182. The Balaban J connectivity index is 2.47. The van der Waals surface area contributed by atoms with Crippen molar-refractivity contribution >= 4 is 17.5 Å². The van der Waals surface area contributed by atoms with Crippen LogP contribution in [0, 0.1) is 0 Å². The van der Waals surface area contributed by atoms with E-state index in [-0.39, 0.29) is 5.91 Å². The molecular weight excluding hydrogens is 198 g/mol. The maximum Gasteiger partial charge on any atom is 0.224 e. The smallest absolute Gasteiger partial charge is 0.224 e. The Morgan fingerprint density at radius 3 is 2.64 bits per heavy atom. The minimum atomic E-state index is -0.00720. The van der Waals surface area contributed by atoms with Crippen LogP contribution in [0.3, 0.4) is 0 Å². The first-order valence-electron chi connectivity index (χ1n) is 4.34. The zero-order valence-electron chi connectivity index (χ0n) is 7.79. The Morgan fingerprint density at radius 1 is 1.43 bits per heavy atom. The highest BCUT2D eigenvalue weighted by Gasteiger charge is 2.00. The van der Waals surface area contributed by atoms with Gasteiger partial charge in [-0.05, 0) is 17.7 Å². The molecule has 14 heavy (non-hydrogen) atoms. The average molecular weight is 210 g/mol. The molecule has 3 heteroatoms. The van der Waals surface area contributed by atoms with Gasteiger partial charge in [0, 0.05) is 11.6 Å². The van der Waals surface area contributed by atoms with Gasteiger partial charge in [-0.1, -0.05) is 29.8 Å². The summed E-state index contributed by atoms with van der Waals surface area (Å²) in [5, 5.41) is 3.39. The van der Waals surface area contributed by atoms with Crippen molar-refractivity contribution in [3.05, 3.63) is 47.5 Å². The Kier molecular flexibility index (Phi) is 4.20. The summed E-state index contributed by atoms with van der Waals surface area (Å²) in [4.78, 5) is 11.3. The Labute approximate surface area is 88.6 Å². The van der Waals surface area contributed by atoms with E-state index in [0.717, 1.165) is 5.56 Å². The molecule has 0 unspecified atom stereocenters. The summed E-state index contributed by atoms with van der Waals surface area (Å²) in [5.74, 6) is -0.00720. The molecule has 1 aromatic carbocycles. The summed E-state index contributed by atoms with van der Waals surface area (Å²) >= 11 is 5.72. The molecule has 0 fully saturated rings. The van der Waals surface area contributed by atoms with Gasteiger partial charge in [0.2, 0.25) is 5.91 Å². The quantitative estimate of drug-likeness (QED) is 0.757. The fourth-order valence-corrected chi connectivity index (χ4v) is 1.16. The number of amides is 1. The monoisotopic (exact) mass is 209 g/mol. The standard InChI is InChI=1S/C11H12ClNO/c1-2-7-13-11(14)8-9-3-5-10(12)6-4-9/h2-6H,1,7-8H2,(H,13,14). The van der Waals surface area contributed by atoms with Crippen LogP contribution in [-0.2, 0) is 11.2 Å². The van der Waals surface area contributed by atoms with E-state index in [9.17, 15) is 4.79 Å². The molecule has 0 bridgehead atoms. The van der Waals surface area contributed by atoms with Gasteiger partial charge in [-0.25, -0.2) is 0 Å². The molecule has 0 aliphatic carbocycles. The lowest BCUT2D eigenvalue weighted by molar-refractivity contribution is -0.120. The highest BCUT2D eigenvalue weighted by Crippen LogP contribution is 2.09. The van der Waals surface area contributed by atoms with E-state index in [2.05, 4.69) is 11.9 Å². The Hall–Kier alpha value is -1.28. The van der Waals surface area contributed by atoms with Crippen LogP contribution < -0.4 is 5.32 Å². The highest BCUT2D eigenvalue weighted by atomic mass is 35.5. The summed E-state index contributed by atoms with van der Waals surface area (Å²) in [7, 11) is 0. The molecule has 1 amide bonds. The normalized spacial score (nSPS) is 9.50. The minimum absolute atomic E-state index is 0.00720. The maximum atomic E-state index is 11.3. The van der Waals surface area contributed by atoms with Crippen molar-refractivity contribution in [3.8, 4) is 0 Å². The fourth-order valence-electron chi connectivity index (χ4n) is 1.04. The van der Waals surface area contributed by atoms with E-state index in [4.69, 9.17) is 11.6 Å². The van der Waals surface area contributed by atoms with E-state index < -0.39 is 0 Å². The van der Waals surface area contributed by atoms with Gasteiger partial charge >= 0.3 is 0 Å². The van der Waals surface area contributed by atoms with E-state index in [1.54, 1.807) is 18.2 Å². The van der Waals surface area contributed by atoms with E-state index in [0.29, 0.717) is 18.0 Å². The molecule has 74 valence electrons. The van der Waals surface area contributed by atoms with Crippen molar-refractivity contribution in [2.45, 2.75) is 6.42 Å². The van der Waals surface area contributed by atoms with E-state index in [1.807, 2.05) is 12.1 Å². The minimum Gasteiger partial charge on any atom is -0.352 e. The third kappa shape index (κ3) is 3.62. The molecule has 1 N–H and O–H groups in total. The second kappa shape index (κ2) is 5.45. The van der Waals surface area contributed by atoms with Crippen LogP contribution in [-0.4, -0.2) is 12.5 Å². The molecule has 0 saturated heterocycles. The third-order valence-corrected chi connectivity index (χ3v) is 1.97. The summed E-state index contributed by atoms with van der Waals surface area (Å²) in [5.41, 5.74) is 0.955. The molecular formula is C11H12ClNO. The van der Waals surface area contributed by atoms with Crippen LogP contribution in [0.15, 0.2) is 36.9 Å². The molecule has 2 nitrogen and oxygen atoms in total. The molecule has 0 aromatic heterocycles. The molecule has 0 aliphatic heterocycles. The lowest BCUT2D eigenvalue weighted by Crippen LogP contribution is -2.24. The molecule has 0 aliphatic rings. The lowest BCUT2D eigenvalue weighted by atomic mass is 10.1. The maximum absolute atomic E-state index is 11.3. The van der Waals surface area contributed by atoms with Gasteiger partial charge < -0.3 is 5.32 Å². The Morgan fingerprint density at radius 2 is 2.07 bits per heavy atom. The molecule has 1 rings (SSSR count). The van der Waals surface area contributed by atoms with Crippen LogP contribution in [0.1, 0.15) is 5.56 Å². The molecule has 0 heterocycles. The van der Waals surface area contributed by atoms with Gasteiger partial charge in [0.25, 0.3) is 0 Å². The topological polar surface area (TPSA) is 29.1 Å². The first-order valence-corrected chi connectivity index (χ1v) is 4.72. The van der Waals surface area contributed by atoms with Crippen LogP contribution in [0.2, 0.25) is 5.02 Å². The largest absolute Gasteiger partial charge is 0.352 e. The van der Waals surface area contributed by atoms with Crippen molar-refractivity contribution in [1.29, 1.82) is 0 Å². The number of rotatable bonds is 4. The first-order chi connectivity index (χ1) is 6.72. The second-order valence-electron chi connectivity index (χ2n) is 2.90. The van der Waals surface area contributed by atoms with Crippen molar-refractivity contribution in [2.24, 2.45) is 0 Å². The number of hydrogen-bond donors (Lipinski definition) is 1. The van der Waals surface area contributed by atoms with Gasteiger partial charge in [0.05, 0.1) is 6.42 Å². The number of nitrogens with one attached hydrogen (secondary N) is 1. The van der Waals surface area contributed by atoms with Crippen LogP contribution in [0.25, 0.3) is 0 Å². The van der Waals surface area contributed by atoms with E-state index in [1.165, 1.54) is 0 Å². The van der Waals surface area contributed by atoms with Crippen LogP contribution in [0.5, 0.6) is 0 Å². The van der Waals surface area contributed by atoms with Crippen LogP contribution in [0.4, 0.5) is 0 Å². The van der Waals surface area contributed by atoms with Crippen LogP contribution >= 0.6 is 11.6 Å². The summed E-state index contributed by atoms with van der Waals surface area (Å²) in [6, 6.07) is 7.24. The molecule has 1 aromatic rings. The lowest BCUT2D eigenvalue weighted by Gasteiger charge is -2.02. The molecule has 0 spiro atoms. The summed E-state index contributed by atoms with van der Waals surface area (Å²) in [6.07, 6.45) is 2.03. The zero-order chi connectivity index (χ0) is 10.4. The number of carbonyl (C=O) groups excluding carboxylic acids is 1.